The van der Waals surface area contributed by atoms with Crippen LogP contribution in [0.25, 0.3) is 0 Å². The highest BCUT2D eigenvalue weighted by molar-refractivity contribution is 6.23. The highest BCUT2D eigenvalue weighted by Gasteiger charge is 2.36. The molecule has 2 aliphatic heterocycles. The first-order chi connectivity index (χ1) is 14.5. The summed E-state index contributed by atoms with van der Waals surface area (Å²) < 4.78 is 0. The van der Waals surface area contributed by atoms with E-state index in [-0.39, 0.29) is 11.8 Å². The molecule has 0 saturated carbocycles. The van der Waals surface area contributed by atoms with Crippen molar-refractivity contribution in [1.29, 1.82) is 0 Å². The molecule has 0 aromatic rings. The maximum absolute atomic E-state index is 12.7. The maximum atomic E-state index is 12.7. The Labute approximate surface area is 178 Å². The Balaban J connectivity index is 1.49. The van der Waals surface area contributed by atoms with E-state index >= 15 is 0 Å². The number of carbonyl (C=O) groups excluding carboxylic acids is 3. The van der Waals surface area contributed by atoms with Crippen LogP contribution in [0.4, 0.5) is 4.79 Å². The van der Waals surface area contributed by atoms with Gasteiger partial charge in [-0.3, -0.25) is 14.5 Å². The number of fused-ring (bicyclic) bond motifs is 1. The molecule has 1 N–H and O–H groups in total. The summed E-state index contributed by atoms with van der Waals surface area (Å²) in [5, 5.41) is 2.93. The van der Waals surface area contributed by atoms with Crippen LogP contribution < -0.4 is 5.32 Å². The van der Waals surface area contributed by atoms with Gasteiger partial charge in [-0.05, 0) is 32.5 Å². The summed E-state index contributed by atoms with van der Waals surface area (Å²) >= 11 is 0. The molecule has 8 nitrogen and oxygen atoms in total. The average molecular weight is 416 g/mol. The monoisotopic (exact) mass is 415 g/mol. The number of nitrogens with one attached hydrogen (secondary N) is 1. The molecular weight excluding hydrogens is 382 g/mol. The smallest absolute Gasteiger partial charge is 0.350 e. The van der Waals surface area contributed by atoms with Gasteiger partial charge in [0.25, 0.3) is 5.91 Å². The Morgan fingerprint density at radius 2 is 1.90 bits per heavy atom. The molecule has 1 unspecified atom stereocenters. The molecule has 0 aromatic carbocycles. The zero-order valence-corrected chi connectivity index (χ0v) is 18.1. The quantitative estimate of drug-likeness (QED) is 0.576. The van der Waals surface area contributed by atoms with Gasteiger partial charge in [0.2, 0.25) is 5.91 Å². The van der Waals surface area contributed by atoms with Gasteiger partial charge in [0.15, 0.2) is 0 Å². The number of likely N-dealkylation sites (N-methyl/N-ethyl adjacent to an activating group) is 1. The summed E-state index contributed by atoms with van der Waals surface area (Å²) in [4.78, 5) is 47.4. The van der Waals surface area contributed by atoms with Gasteiger partial charge in [-0.15, -0.1) is 0 Å². The summed E-state index contributed by atoms with van der Waals surface area (Å²) in [7, 11) is 2.13. The van der Waals surface area contributed by atoms with Crippen molar-refractivity contribution < 1.29 is 14.4 Å². The number of unbranched alkanes of at least 4 members (excludes halogenated alkanes) is 2. The molecule has 3 aliphatic rings. The number of hydrogen-bond acceptors (Lipinski definition) is 5. The number of aliphatic imine (C=N–C) groups is 1. The number of hydrogen-bond donors (Lipinski definition) is 1. The Kier molecular flexibility index (Phi) is 7.93. The number of carbonyl (C=O) groups is 3. The summed E-state index contributed by atoms with van der Waals surface area (Å²) in [5.41, 5.74) is 0.798. The average Bonchev–Trinajstić information content (AvgIpc) is 2.74. The second-order valence-corrected chi connectivity index (χ2v) is 8.21. The van der Waals surface area contributed by atoms with Crippen molar-refractivity contribution in [3.8, 4) is 0 Å². The number of piperazine rings is 1. The van der Waals surface area contributed by atoms with Crippen LogP contribution in [0.2, 0.25) is 0 Å². The van der Waals surface area contributed by atoms with E-state index in [1.165, 1.54) is 4.90 Å². The van der Waals surface area contributed by atoms with Gasteiger partial charge in [-0.25, -0.2) is 4.79 Å². The van der Waals surface area contributed by atoms with Crippen molar-refractivity contribution in [1.82, 2.24) is 20.0 Å². The minimum Gasteiger partial charge on any atom is -0.352 e. The van der Waals surface area contributed by atoms with Crippen LogP contribution in [-0.4, -0.2) is 91.1 Å². The number of allylic oxidation sites excluding steroid dienone is 1. The highest BCUT2D eigenvalue weighted by atomic mass is 16.2. The molecule has 30 heavy (non-hydrogen) atoms. The highest BCUT2D eigenvalue weighted by Crippen LogP contribution is 2.22. The van der Waals surface area contributed by atoms with Crippen LogP contribution in [0.5, 0.6) is 0 Å². The summed E-state index contributed by atoms with van der Waals surface area (Å²) in [6.45, 7) is 8.33. The molecule has 1 aliphatic carbocycles. The molecule has 1 atom stereocenters. The maximum Gasteiger partial charge on any atom is 0.350 e. The molecule has 0 spiro atoms. The van der Waals surface area contributed by atoms with E-state index in [9.17, 15) is 14.4 Å². The van der Waals surface area contributed by atoms with Crippen molar-refractivity contribution in [2.75, 3.05) is 52.9 Å². The molecule has 1 saturated heterocycles. The fourth-order valence-electron chi connectivity index (χ4n) is 3.88. The number of amides is 4. The Hall–Kier alpha value is -2.32. The first kappa shape index (κ1) is 22.4. The van der Waals surface area contributed by atoms with Crippen molar-refractivity contribution in [3.63, 3.8) is 0 Å². The second kappa shape index (κ2) is 10.6. The summed E-state index contributed by atoms with van der Waals surface area (Å²) in [6.07, 6.45) is 8.57. The number of rotatable bonds is 9. The van der Waals surface area contributed by atoms with Gasteiger partial charge in [0.05, 0.1) is 11.6 Å². The normalized spacial score (nSPS) is 22.6. The third-order valence-corrected chi connectivity index (χ3v) is 5.86. The van der Waals surface area contributed by atoms with Gasteiger partial charge >= 0.3 is 6.03 Å². The lowest BCUT2D eigenvalue weighted by atomic mass is 9.91. The van der Waals surface area contributed by atoms with Crippen molar-refractivity contribution >= 4 is 23.6 Å². The lowest BCUT2D eigenvalue weighted by molar-refractivity contribution is -0.129. The minimum absolute atomic E-state index is 0.198. The van der Waals surface area contributed by atoms with E-state index in [1.54, 1.807) is 18.2 Å². The lowest BCUT2D eigenvalue weighted by Crippen LogP contribution is -2.47. The van der Waals surface area contributed by atoms with Crippen LogP contribution in [0.15, 0.2) is 28.8 Å². The van der Waals surface area contributed by atoms with Crippen molar-refractivity contribution in [2.24, 2.45) is 10.9 Å². The fourth-order valence-corrected chi connectivity index (χ4v) is 3.88. The number of urea groups is 1. The molecule has 2 heterocycles. The molecule has 0 bridgehead atoms. The van der Waals surface area contributed by atoms with Crippen LogP contribution in [0.3, 0.4) is 0 Å². The third-order valence-electron chi connectivity index (χ3n) is 5.86. The van der Waals surface area contributed by atoms with Gasteiger partial charge in [0, 0.05) is 44.8 Å². The van der Waals surface area contributed by atoms with E-state index in [1.807, 2.05) is 0 Å². The Morgan fingerprint density at radius 3 is 2.63 bits per heavy atom. The second-order valence-electron chi connectivity index (χ2n) is 8.21. The number of nitrogens with zero attached hydrogens (tertiary/aromatic N) is 4. The van der Waals surface area contributed by atoms with Gasteiger partial charge in [-0.2, -0.15) is 4.99 Å². The van der Waals surface area contributed by atoms with Crippen LogP contribution in [-0.2, 0) is 9.59 Å². The van der Waals surface area contributed by atoms with Crippen molar-refractivity contribution in [2.45, 2.75) is 32.6 Å². The standard InChI is InChI=1S/C22H33N5O3/c1-3-4-5-11-27-21(29)18-8-7-17(16-19(18)24-22(27)30)20(28)23-9-6-10-26-14-12-25(2)13-15-26/h7-8,16,18H,3-6,9-15H2,1-2H3,(H,23,28). The molecular formula is C22H33N5O3. The van der Waals surface area contributed by atoms with Crippen LogP contribution in [0.1, 0.15) is 32.6 Å². The van der Waals surface area contributed by atoms with Crippen LogP contribution >= 0.6 is 0 Å². The third kappa shape index (κ3) is 5.64. The predicted molar refractivity (Wildman–Crippen MR) is 116 cm³/mol. The first-order valence-electron chi connectivity index (χ1n) is 11.0. The van der Waals surface area contributed by atoms with E-state index < -0.39 is 11.9 Å². The van der Waals surface area contributed by atoms with Gasteiger partial charge in [0.1, 0.15) is 0 Å². The van der Waals surface area contributed by atoms with E-state index in [4.69, 9.17) is 0 Å². The lowest BCUT2D eigenvalue weighted by Gasteiger charge is -2.32. The molecule has 4 amide bonds. The predicted octanol–water partition coefficient (Wildman–Crippen LogP) is 1.45. The zero-order valence-electron chi connectivity index (χ0n) is 18.1. The van der Waals surface area contributed by atoms with Crippen molar-refractivity contribution in [3.05, 3.63) is 23.8 Å². The van der Waals surface area contributed by atoms with E-state index in [0.717, 1.165) is 58.4 Å². The summed E-state index contributed by atoms with van der Waals surface area (Å²) in [6, 6.07) is -0.527. The Bertz CT molecular complexity index is 750. The van der Waals surface area contributed by atoms with E-state index in [0.29, 0.717) is 24.4 Å². The first-order valence-corrected chi connectivity index (χ1v) is 11.0. The largest absolute Gasteiger partial charge is 0.352 e. The van der Waals surface area contributed by atoms with Gasteiger partial charge in [-0.1, -0.05) is 31.9 Å². The van der Waals surface area contributed by atoms with Crippen LogP contribution in [0, 0.1) is 5.92 Å². The molecule has 3 rings (SSSR count). The minimum atomic E-state index is -0.571. The van der Waals surface area contributed by atoms with E-state index in [2.05, 4.69) is 34.1 Å². The van der Waals surface area contributed by atoms with Gasteiger partial charge < -0.3 is 15.1 Å². The molecule has 8 heteroatoms. The molecule has 164 valence electrons. The Morgan fingerprint density at radius 1 is 1.13 bits per heavy atom. The molecule has 0 aromatic heterocycles. The molecule has 1 fully saturated rings. The summed E-state index contributed by atoms with van der Waals surface area (Å²) in [5.74, 6) is -1.02. The fraction of sp³-hybridized carbons (Fsp3) is 0.636. The topological polar surface area (TPSA) is 85.3 Å². The SMILES string of the molecule is CCCCCN1C(=O)N=C2C=C(C(=O)NCCCN3CCN(C)CC3)C=CC2C1=O. The molecule has 0 radical (unpaired) electrons. The number of imide groups is 1. The zero-order chi connectivity index (χ0) is 21.5.